The maximum Gasteiger partial charge on any atom is 0.113 e. The van der Waals surface area contributed by atoms with Crippen molar-refractivity contribution < 1.29 is 9.13 Å². The molecule has 18 heavy (non-hydrogen) atoms. The molecule has 1 aliphatic carbocycles. The Bertz CT molecular complexity index is 268. The van der Waals surface area contributed by atoms with Crippen molar-refractivity contribution in [2.24, 2.45) is 5.41 Å². The van der Waals surface area contributed by atoms with E-state index in [0.717, 1.165) is 26.2 Å². The van der Waals surface area contributed by atoms with Crippen LogP contribution in [0.1, 0.15) is 52.9 Å². The number of ether oxygens (including phenoxy) is 1. The summed E-state index contributed by atoms with van der Waals surface area (Å²) < 4.78 is 19.9. The van der Waals surface area contributed by atoms with Crippen LogP contribution in [0.3, 0.4) is 0 Å². The van der Waals surface area contributed by atoms with Gasteiger partial charge in [-0.2, -0.15) is 0 Å². The molecular formula is C15H28FNO. The quantitative estimate of drug-likeness (QED) is 0.723. The van der Waals surface area contributed by atoms with Crippen molar-refractivity contribution in [2.75, 3.05) is 26.2 Å². The highest BCUT2D eigenvalue weighted by Gasteiger charge is 2.45. The van der Waals surface area contributed by atoms with Crippen LogP contribution in [-0.4, -0.2) is 42.9 Å². The molecule has 2 nitrogen and oxygen atoms in total. The summed E-state index contributed by atoms with van der Waals surface area (Å²) in [6.45, 7) is 10.00. The predicted molar refractivity (Wildman–Crippen MR) is 72.6 cm³/mol. The molecule has 2 aliphatic rings. The second-order valence-corrected chi connectivity index (χ2v) is 6.64. The van der Waals surface area contributed by atoms with E-state index < -0.39 is 5.67 Å². The van der Waals surface area contributed by atoms with Gasteiger partial charge in [-0.3, -0.25) is 0 Å². The Morgan fingerprint density at radius 1 is 1.17 bits per heavy atom. The van der Waals surface area contributed by atoms with Crippen molar-refractivity contribution in [3.63, 3.8) is 0 Å². The van der Waals surface area contributed by atoms with E-state index in [-0.39, 0.29) is 0 Å². The van der Waals surface area contributed by atoms with E-state index in [1.807, 2.05) is 6.92 Å². The largest absolute Gasteiger partial charge is 0.378 e. The third-order valence-electron chi connectivity index (χ3n) is 4.62. The van der Waals surface area contributed by atoms with Crippen molar-refractivity contribution in [1.29, 1.82) is 0 Å². The van der Waals surface area contributed by atoms with Crippen LogP contribution in [0.4, 0.5) is 4.39 Å². The van der Waals surface area contributed by atoms with E-state index in [0.29, 0.717) is 30.8 Å². The Balaban J connectivity index is 1.74. The summed E-state index contributed by atoms with van der Waals surface area (Å²) in [6.07, 6.45) is 4.98. The summed E-state index contributed by atoms with van der Waals surface area (Å²) in [6, 6.07) is 0. The molecule has 0 spiro atoms. The van der Waals surface area contributed by atoms with E-state index in [4.69, 9.17) is 4.74 Å². The van der Waals surface area contributed by atoms with Crippen LogP contribution in [0, 0.1) is 5.41 Å². The maximum atomic E-state index is 14.1. The molecule has 0 amide bonds. The lowest BCUT2D eigenvalue weighted by Gasteiger charge is -2.37. The first-order valence-corrected chi connectivity index (χ1v) is 7.50. The lowest BCUT2D eigenvalue weighted by atomic mass is 9.90. The lowest BCUT2D eigenvalue weighted by molar-refractivity contribution is 0.0107. The number of alkyl halides is 1. The van der Waals surface area contributed by atoms with E-state index in [9.17, 15) is 4.39 Å². The molecule has 0 aromatic rings. The molecule has 106 valence electrons. The fraction of sp³-hybridized carbons (Fsp3) is 1.00. The number of nitrogens with zero attached hydrogens (tertiary/aromatic N) is 1. The first kappa shape index (κ1) is 14.3. The number of hydrogen-bond donors (Lipinski definition) is 0. The SMILES string of the molecule is CCC1(F)CCN(CC2(COC(C)C)CC2)CC1. The van der Waals surface area contributed by atoms with Crippen LogP contribution in [0.2, 0.25) is 0 Å². The molecule has 0 N–H and O–H groups in total. The topological polar surface area (TPSA) is 12.5 Å². The number of halogens is 1. The summed E-state index contributed by atoms with van der Waals surface area (Å²) in [7, 11) is 0. The number of rotatable bonds is 6. The average Bonchev–Trinajstić information content (AvgIpc) is 3.11. The molecule has 0 radical (unpaired) electrons. The lowest BCUT2D eigenvalue weighted by Crippen LogP contribution is -2.44. The third kappa shape index (κ3) is 3.67. The zero-order chi connectivity index (χ0) is 13.2. The zero-order valence-electron chi connectivity index (χ0n) is 12.2. The van der Waals surface area contributed by atoms with E-state index >= 15 is 0 Å². The average molecular weight is 257 g/mol. The second-order valence-electron chi connectivity index (χ2n) is 6.64. The molecule has 0 bridgehead atoms. The minimum atomic E-state index is -0.887. The fourth-order valence-electron chi connectivity index (χ4n) is 2.81. The minimum absolute atomic E-state index is 0.322. The molecule has 2 fully saturated rings. The Kier molecular flexibility index (Phi) is 4.32. The highest BCUT2D eigenvalue weighted by Crippen LogP contribution is 2.47. The van der Waals surface area contributed by atoms with Gasteiger partial charge in [0.25, 0.3) is 0 Å². The molecule has 0 unspecified atom stereocenters. The molecule has 1 saturated heterocycles. The molecule has 1 saturated carbocycles. The summed E-state index contributed by atoms with van der Waals surface area (Å²) in [5.41, 5.74) is -0.492. The first-order chi connectivity index (χ1) is 8.47. The number of piperidine rings is 1. The summed E-state index contributed by atoms with van der Waals surface area (Å²) in [4.78, 5) is 2.45. The number of likely N-dealkylation sites (tertiary alicyclic amines) is 1. The highest BCUT2D eigenvalue weighted by molar-refractivity contribution is 4.97. The molecule has 0 aromatic heterocycles. The molecule has 0 atom stereocenters. The second kappa shape index (κ2) is 5.46. The standard InChI is InChI=1S/C15H28FNO/c1-4-15(16)7-9-17(10-8-15)11-14(5-6-14)12-18-13(2)3/h13H,4-12H2,1-3H3. The molecule has 1 aliphatic heterocycles. The van der Waals surface area contributed by atoms with Crippen molar-refractivity contribution in [1.82, 2.24) is 4.90 Å². The molecule has 1 heterocycles. The van der Waals surface area contributed by atoms with Gasteiger partial charge in [-0.15, -0.1) is 0 Å². The van der Waals surface area contributed by atoms with Gasteiger partial charge in [0.05, 0.1) is 12.7 Å². The van der Waals surface area contributed by atoms with Gasteiger partial charge in [-0.25, -0.2) is 4.39 Å². The summed E-state index contributed by atoms with van der Waals surface area (Å²) >= 11 is 0. The Morgan fingerprint density at radius 3 is 2.22 bits per heavy atom. The van der Waals surface area contributed by atoms with Gasteiger partial charge in [0.15, 0.2) is 0 Å². The maximum absolute atomic E-state index is 14.1. The number of hydrogen-bond acceptors (Lipinski definition) is 2. The highest BCUT2D eigenvalue weighted by atomic mass is 19.1. The molecule has 3 heteroatoms. The van der Waals surface area contributed by atoms with Crippen LogP contribution in [0.15, 0.2) is 0 Å². The monoisotopic (exact) mass is 257 g/mol. The van der Waals surface area contributed by atoms with E-state index in [1.165, 1.54) is 12.8 Å². The third-order valence-corrected chi connectivity index (χ3v) is 4.62. The first-order valence-electron chi connectivity index (χ1n) is 7.50. The van der Waals surface area contributed by atoms with Gasteiger partial charge in [-0.1, -0.05) is 6.92 Å². The van der Waals surface area contributed by atoms with Gasteiger partial charge >= 0.3 is 0 Å². The minimum Gasteiger partial charge on any atom is -0.378 e. The van der Waals surface area contributed by atoms with Crippen LogP contribution in [-0.2, 0) is 4.74 Å². The van der Waals surface area contributed by atoms with Crippen LogP contribution in [0.25, 0.3) is 0 Å². The van der Waals surface area contributed by atoms with E-state index in [2.05, 4.69) is 18.7 Å². The van der Waals surface area contributed by atoms with Gasteiger partial charge in [0.1, 0.15) is 5.67 Å². The predicted octanol–water partition coefficient (Wildman–Crippen LogP) is 3.41. The fourth-order valence-corrected chi connectivity index (χ4v) is 2.81. The van der Waals surface area contributed by atoms with Crippen molar-refractivity contribution >= 4 is 0 Å². The van der Waals surface area contributed by atoms with Crippen LogP contribution < -0.4 is 0 Å². The Morgan fingerprint density at radius 2 is 1.78 bits per heavy atom. The smallest absolute Gasteiger partial charge is 0.113 e. The Labute approximate surface area is 111 Å². The molecule has 2 rings (SSSR count). The van der Waals surface area contributed by atoms with E-state index in [1.54, 1.807) is 0 Å². The molecular weight excluding hydrogens is 229 g/mol. The van der Waals surface area contributed by atoms with Crippen molar-refractivity contribution in [3.05, 3.63) is 0 Å². The zero-order valence-corrected chi connectivity index (χ0v) is 12.2. The molecule has 0 aromatic carbocycles. The van der Waals surface area contributed by atoms with Gasteiger partial charge in [-0.05, 0) is 46.0 Å². The van der Waals surface area contributed by atoms with Gasteiger partial charge in [0.2, 0.25) is 0 Å². The summed E-state index contributed by atoms with van der Waals surface area (Å²) in [5, 5.41) is 0. The Hall–Kier alpha value is -0.150. The van der Waals surface area contributed by atoms with Crippen molar-refractivity contribution in [3.8, 4) is 0 Å². The normalized spacial score (nSPS) is 26.5. The van der Waals surface area contributed by atoms with Crippen LogP contribution in [0.5, 0.6) is 0 Å². The van der Waals surface area contributed by atoms with Crippen molar-refractivity contribution in [2.45, 2.75) is 64.6 Å². The summed E-state index contributed by atoms with van der Waals surface area (Å²) in [5.74, 6) is 0. The van der Waals surface area contributed by atoms with Gasteiger partial charge in [0, 0.05) is 25.0 Å². The van der Waals surface area contributed by atoms with Gasteiger partial charge < -0.3 is 9.64 Å². The van der Waals surface area contributed by atoms with Crippen LogP contribution >= 0.6 is 0 Å².